The molecule has 15 heavy (non-hydrogen) atoms. The number of aryl methyl sites for hydroxylation is 1. The van der Waals surface area contributed by atoms with Crippen molar-refractivity contribution in [2.75, 3.05) is 6.54 Å². The van der Waals surface area contributed by atoms with Gasteiger partial charge in [-0.2, -0.15) is 0 Å². The van der Waals surface area contributed by atoms with Crippen LogP contribution in [0.15, 0.2) is 24.3 Å². The molecule has 3 nitrogen and oxygen atoms in total. The molecule has 0 amide bonds. The van der Waals surface area contributed by atoms with Crippen LogP contribution in [0.25, 0.3) is 10.9 Å². The lowest BCUT2D eigenvalue weighted by molar-refractivity contribution is 0.475. The molecule has 0 bridgehead atoms. The van der Waals surface area contributed by atoms with Crippen molar-refractivity contribution in [3.8, 4) is 5.75 Å². The summed E-state index contributed by atoms with van der Waals surface area (Å²) in [6, 6.07) is 7.13. The van der Waals surface area contributed by atoms with Crippen molar-refractivity contribution in [1.82, 2.24) is 4.57 Å². The highest BCUT2D eigenvalue weighted by Crippen LogP contribution is 2.26. The Morgan fingerprint density at radius 1 is 1.33 bits per heavy atom. The second-order valence-electron chi connectivity index (χ2n) is 3.50. The van der Waals surface area contributed by atoms with Crippen LogP contribution in [0.4, 0.5) is 0 Å². The zero-order valence-electron chi connectivity index (χ0n) is 8.28. The van der Waals surface area contributed by atoms with Crippen molar-refractivity contribution >= 4 is 22.5 Å². The number of nitrogens with two attached hydrogens (primary N) is 1. The van der Waals surface area contributed by atoms with Crippen LogP contribution in [-0.2, 0) is 6.54 Å². The Bertz CT molecular complexity index is 479. The number of hydrogen-bond donors (Lipinski definition) is 2. The molecular formula is C11H13ClN2O. The first-order valence-electron chi connectivity index (χ1n) is 4.90. The normalized spacial score (nSPS) is 11.1. The van der Waals surface area contributed by atoms with E-state index in [1.54, 1.807) is 12.1 Å². The van der Waals surface area contributed by atoms with Crippen LogP contribution >= 0.6 is 11.6 Å². The fourth-order valence-electron chi connectivity index (χ4n) is 1.69. The van der Waals surface area contributed by atoms with Gasteiger partial charge in [-0.1, -0.05) is 11.6 Å². The van der Waals surface area contributed by atoms with E-state index in [1.807, 2.05) is 16.7 Å². The first kappa shape index (κ1) is 10.3. The Morgan fingerprint density at radius 3 is 2.87 bits per heavy atom. The number of phenols is 1. The Kier molecular flexibility index (Phi) is 2.84. The van der Waals surface area contributed by atoms with Crippen LogP contribution in [0.5, 0.6) is 5.75 Å². The van der Waals surface area contributed by atoms with Gasteiger partial charge in [0.25, 0.3) is 0 Å². The van der Waals surface area contributed by atoms with E-state index in [9.17, 15) is 5.11 Å². The summed E-state index contributed by atoms with van der Waals surface area (Å²) < 4.78 is 1.96. The molecule has 80 valence electrons. The van der Waals surface area contributed by atoms with Gasteiger partial charge in [0.15, 0.2) is 0 Å². The molecule has 3 N–H and O–H groups in total. The van der Waals surface area contributed by atoms with E-state index < -0.39 is 0 Å². The lowest BCUT2D eigenvalue weighted by Gasteiger charge is -2.05. The van der Waals surface area contributed by atoms with Crippen molar-refractivity contribution in [2.45, 2.75) is 13.0 Å². The largest absolute Gasteiger partial charge is 0.508 e. The fraction of sp³-hybridized carbons (Fsp3) is 0.273. The third-order valence-electron chi connectivity index (χ3n) is 2.42. The first-order valence-corrected chi connectivity index (χ1v) is 5.28. The second kappa shape index (κ2) is 4.13. The van der Waals surface area contributed by atoms with Gasteiger partial charge in [-0.3, -0.25) is 0 Å². The van der Waals surface area contributed by atoms with Crippen molar-refractivity contribution in [3.63, 3.8) is 0 Å². The van der Waals surface area contributed by atoms with Crippen molar-refractivity contribution in [1.29, 1.82) is 0 Å². The predicted molar refractivity (Wildman–Crippen MR) is 62.3 cm³/mol. The minimum absolute atomic E-state index is 0.256. The zero-order valence-corrected chi connectivity index (χ0v) is 9.04. The summed E-state index contributed by atoms with van der Waals surface area (Å²) in [6.07, 6.45) is 0.874. The quantitative estimate of drug-likeness (QED) is 0.841. The van der Waals surface area contributed by atoms with E-state index in [4.69, 9.17) is 17.3 Å². The summed E-state index contributed by atoms with van der Waals surface area (Å²) >= 11 is 6.10. The number of fused-ring (bicyclic) bond motifs is 1. The molecule has 2 aromatic rings. The van der Waals surface area contributed by atoms with Gasteiger partial charge >= 0.3 is 0 Å². The van der Waals surface area contributed by atoms with Crippen LogP contribution in [-0.4, -0.2) is 16.2 Å². The molecule has 1 aromatic carbocycles. The molecular weight excluding hydrogens is 212 g/mol. The lowest BCUT2D eigenvalue weighted by atomic mass is 10.2. The lowest BCUT2D eigenvalue weighted by Crippen LogP contribution is -2.05. The zero-order chi connectivity index (χ0) is 10.8. The molecule has 0 aliphatic rings. The SMILES string of the molecule is NCCCn1c(Cl)cc2ccc(O)cc21. The number of aromatic nitrogens is 1. The summed E-state index contributed by atoms with van der Waals surface area (Å²) in [4.78, 5) is 0. The first-order chi connectivity index (χ1) is 7.22. The number of halogens is 1. The maximum Gasteiger partial charge on any atom is 0.117 e. The summed E-state index contributed by atoms with van der Waals surface area (Å²) in [5.41, 5.74) is 6.42. The molecule has 0 radical (unpaired) electrons. The second-order valence-corrected chi connectivity index (χ2v) is 3.89. The summed E-state index contributed by atoms with van der Waals surface area (Å²) in [6.45, 7) is 1.41. The van der Waals surface area contributed by atoms with Gasteiger partial charge in [-0.05, 0) is 31.2 Å². The van der Waals surface area contributed by atoms with Crippen molar-refractivity contribution in [2.24, 2.45) is 5.73 Å². The van der Waals surface area contributed by atoms with E-state index in [0.717, 1.165) is 23.9 Å². The smallest absolute Gasteiger partial charge is 0.117 e. The number of hydrogen-bond acceptors (Lipinski definition) is 2. The van der Waals surface area contributed by atoms with E-state index in [0.29, 0.717) is 11.7 Å². The Hall–Kier alpha value is -1.19. The standard InChI is InChI=1S/C11H13ClN2O/c12-11-6-8-2-3-9(15)7-10(8)14(11)5-1-4-13/h2-3,6-7,15H,1,4-5,13H2. The maximum absolute atomic E-state index is 9.41. The number of benzene rings is 1. The van der Waals surface area contributed by atoms with Gasteiger partial charge in [-0.15, -0.1) is 0 Å². The van der Waals surface area contributed by atoms with Crippen LogP contribution in [0.2, 0.25) is 5.15 Å². The topological polar surface area (TPSA) is 51.2 Å². The van der Waals surface area contributed by atoms with E-state index in [1.165, 1.54) is 0 Å². The average molecular weight is 225 g/mol. The molecule has 0 saturated heterocycles. The molecule has 0 spiro atoms. The minimum Gasteiger partial charge on any atom is -0.508 e. The minimum atomic E-state index is 0.256. The molecule has 0 saturated carbocycles. The molecule has 0 atom stereocenters. The van der Waals surface area contributed by atoms with E-state index in [-0.39, 0.29) is 5.75 Å². The van der Waals surface area contributed by atoms with Crippen LogP contribution < -0.4 is 5.73 Å². The fourth-order valence-corrected chi connectivity index (χ4v) is 1.98. The van der Waals surface area contributed by atoms with Gasteiger partial charge in [0, 0.05) is 18.0 Å². The number of aromatic hydroxyl groups is 1. The monoisotopic (exact) mass is 224 g/mol. The Morgan fingerprint density at radius 2 is 2.13 bits per heavy atom. The Labute approximate surface area is 93.1 Å². The molecule has 4 heteroatoms. The number of phenolic OH excluding ortho intramolecular Hbond substituents is 1. The van der Waals surface area contributed by atoms with Gasteiger partial charge in [0.2, 0.25) is 0 Å². The highest BCUT2D eigenvalue weighted by Gasteiger charge is 2.06. The predicted octanol–water partition coefficient (Wildman–Crippen LogP) is 2.35. The van der Waals surface area contributed by atoms with Gasteiger partial charge in [0.05, 0.1) is 5.52 Å². The van der Waals surface area contributed by atoms with E-state index in [2.05, 4.69) is 0 Å². The summed E-state index contributed by atoms with van der Waals surface area (Å²) in [5, 5.41) is 11.1. The van der Waals surface area contributed by atoms with Gasteiger partial charge in [0.1, 0.15) is 10.9 Å². The number of nitrogens with zero attached hydrogens (tertiary/aromatic N) is 1. The molecule has 0 aliphatic heterocycles. The third kappa shape index (κ3) is 1.94. The molecule has 0 fully saturated rings. The maximum atomic E-state index is 9.41. The van der Waals surface area contributed by atoms with Gasteiger partial charge < -0.3 is 15.4 Å². The molecule has 0 unspecified atom stereocenters. The van der Waals surface area contributed by atoms with Crippen LogP contribution in [0.3, 0.4) is 0 Å². The number of rotatable bonds is 3. The van der Waals surface area contributed by atoms with Gasteiger partial charge in [-0.25, -0.2) is 0 Å². The van der Waals surface area contributed by atoms with Crippen molar-refractivity contribution in [3.05, 3.63) is 29.4 Å². The Balaban J connectivity index is 2.50. The molecule has 1 aromatic heterocycles. The van der Waals surface area contributed by atoms with E-state index >= 15 is 0 Å². The van der Waals surface area contributed by atoms with Crippen LogP contribution in [0.1, 0.15) is 6.42 Å². The van der Waals surface area contributed by atoms with Crippen molar-refractivity contribution < 1.29 is 5.11 Å². The third-order valence-corrected chi connectivity index (χ3v) is 2.74. The summed E-state index contributed by atoms with van der Waals surface area (Å²) in [5.74, 6) is 0.256. The van der Waals surface area contributed by atoms with Crippen LogP contribution in [0, 0.1) is 0 Å². The summed E-state index contributed by atoms with van der Waals surface area (Å²) in [7, 11) is 0. The highest BCUT2D eigenvalue weighted by atomic mass is 35.5. The molecule has 1 heterocycles. The molecule has 0 aliphatic carbocycles. The average Bonchev–Trinajstić information content (AvgIpc) is 2.51. The highest BCUT2D eigenvalue weighted by molar-refractivity contribution is 6.31. The molecule has 2 rings (SSSR count).